The molecule has 2 aromatic rings. The first-order valence-electron chi connectivity index (χ1n) is 8.48. The lowest BCUT2D eigenvalue weighted by molar-refractivity contribution is -0.132. The largest absolute Gasteiger partial charge is 0.489 e. The molecule has 25 heavy (non-hydrogen) atoms. The van der Waals surface area contributed by atoms with Gasteiger partial charge in [-0.2, -0.15) is 0 Å². The summed E-state index contributed by atoms with van der Waals surface area (Å²) in [5.41, 5.74) is 2.01. The van der Waals surface area contributed by atoms with E-state index in [-0.39, 0.29) is 25.2 Å². The number of amides is 1. The maximum absolute atomic E-state index is 12.3. The fraction of sp³-hybridized carbons (Fsp3) is 0.350. The van der Waals surface area contributed by atoms with Crippen molar-refractivity contribution in [1.29, 1.82) is 0 Å². The van der Waals surface area contributed by atoms with Crippen LogP contribution in [-0.2, 0) is 11.4 Å². The molecule has 1 heterocycles. The third-order valence-electron chi connectivity index (χ3n) is 4.29. The number of carbonyl (C=O) groups is 1. The number of rotatable bonds is 6. The van der Waals surface area contributed by atoms with E-state index >= 15 is 0 Å². The van der Waals surface area contributed by atoms with Gasteiger partial charge in [0.1, 0.15) is 17.6 Å². The number of hydrogen-bond donors (Lipinski definition) is 1. The predicted molar refractivity (Wildman–Crippen MR) is 94.7 cm³/mol. The quantitative estimate of drug-likeness (QED) is 0.877. The molecule has 3 rings (SSSR count). The highest BCUT2D eigenvalue weighted by molar-refractivity contribution is 5.78. The van der Waals surface area contributed by atoms with E-state index in [0.29, 0.717) is 18.8 Å². The van der Waals surface area contributed by atoms with Crippen LogP contribution < -0.4 is 9.47 Å². The lowest BCUT2D eigenvalue weighted by Gasteiger charge is -2.17. The molecule has 0 radical (unpaired) electrons. The molecule has 5 heteroatoms. The number of hydrogen-bond acceptors (Lipinski definition) is 4. The summed E-state index contributed by atoms with van der Waals surface area (Å²) in [6.07, 6.45) is 0.848. The summed E-state index contributed by atoms with van der Waals surface area (Å²) < 4.78 is 11.5. The van der Waals surface area contributed by atoms with Crippen molar-refractivity contribution in [3.8, 4) is 11.5 Å². The summed E-state index contributed by atoms with van der Waals surface area (Å²) in [7, 11) is 0. The number of benzene rings is 2. The van der Waals surface area contributed by atoms with Crippen LogP contribution in [0.25, 0.3) is 0 Å². The van der Waals surface area contributed by atoms with Gasteiger partial charge in [-0.3, -0.25) is 4.79 Å². The summed E-state index contributed by atoms with van der Waals surface area (Å²) >= 11 is 0. The number of nitrogens with zero attached hydrogens (tertiary/aromatic N) is 1. The first-order chi connectivity index (χ1) is 12.1. The van der Waals surface area contributed by atoms with Gasteiger partial charge in [-0.25, -0.2) is 0 Å². The van der Waals surface area contributed by atoms with E-state index in [1.54, 1.807) is 29.2 Å². The molecule has 1 amide bonds. The van der Waals surface area contributed by atoms with Gasteiger partial charge in [0.25, 0.3) is 5.91 Å². The van der Waals surface area contributed by atoms with Gasteiger partial charge in [0.05, 0.1) is 13.2 Å². The van der Waals surface area contributed by atoms with E-state index in [1.165, 1.54) is 5.56 Å². The van der Waals surface area contributed by atoms with Gasteiger partial charge in [0.2, 0.25) is 0 Å². The second-order valence-electron chi connectivity index (χ2n) is 6.27. The molecule has 0 bridgehead atoms. The Morgan fingerprint density at radius 1 is 1.12 bits per heavy atom. The van der Waals surface area contributed by atoms with Crippen LogP contribution in [0, 0.1) is 6.92 Å². The summed E-state index contributed by atoms with van der Waals surface area (Å²) in [5, 5.41) is 9.02. The fourth-order valence-electron chi connectivity index (χ4n) is 2.79. The number of ether oxygens (including phenoxy) is 2. The number of carbonyl (C=O) groups excluding carboxylic acids is 1. The van der Waals surface area contributed by atoms with Crippen LogP contribution in [0.1, 0.15) is 17.5 Å². The minimum absolute atomic E-state index is 0.00460. The summed E-state index contributed by atoms with van der Waals surface area (Å²) in [6.45, 7) is 3.31. The Kier molecular flexibility index (Phi) is 5.56. The van der Waals surface area contributed by atoms with Gasteiger partial charge >= 0.3 is 0 Å². The zero-order chi connectivity index (χ0) is 17.6. The van der Waals surface area contributed by atoms with Crippen molar-refractivity contribution in [2.24, 2.45) is 0 Å². The molecule has 5 nitrogen and oxygen atoms in total. The first-order valence-corrected chi connectivity index (χ1v) is 8.48. The third kappa shape index (κ3) is 4.73. The third-order valence-corrected chi connectivity index (χ3v) is 4.29. The van der Waals surface area contributed by atoms with Crippen molar-refractivity contribution in [3.05, 3.63) is 59.7 Å². The van der Waals surface area contributed by atoms with Crippen molar-refractivity contribution in [1.82, 2.24) is 4.90 Å². The molecule has 1 atom stereocenters. The minimum Gasteiger partial charge on any atom is -0.489 e. The SMILES string of the molecule is Cc1ccc(O[C@H]2CCN(C(=O)COc3ccc(CO)cc3)C2)cc1. The molecule has 1 aliphatic heterocycles. The Bertz CT molecular complexity index is 697. The van der Waals surface area contributed by atoms with Crippen LogP contribution in [0.3, 0.4) is 0 Å². The molecule has 2 aromatic carbocycles. The first kappa shape index (κ1) is 17.3. The Labute approximate surface area is 147 Å². The Morgan fingerprint density at radius 3 is 2.48 bits per heavy atom. The highest BCUT2D eigenvalue weighted by atomic mass is 16.5. The van der Waals surface area contributed by atoms with E-state index in [2.05, 4.69) is 0 Å². The zero-order valence-corrected chi connectivity index (χ0v) is 14.4. The lowest BCUT2D eigenvalue weighted by atomic mass is 10.2. The van der Waals surface area contributed by atoms with Gasteiger partial charge in [0.15, 0.2) is 6.61 Å². The van der Waals surface area contributed by atoms with Gasteiger partial charge in [-0.05, 0) is 36.8 Å². The normalized spacial score (nSPS) is 16.7. The minimum atomic E-state index is -0.0405. The zero-order valence-electron chi connectivity index (χ0n) is 14.4. The van der Waals surface area contributed by atoms with Gasteiger partial charge in [0, 0.05) is 13.0 Å². The van der Waals surface area contributed by atoms with E-state index in [1.807, 2.05) is 31.2 Å². The standard InChI is InChI=1S/C20H23NO4/c1-15-2-6-18(7-3-15)25-19-10-11-21(12-19)20(23)14-24-17-8-4-16(13-22)5-9-17/h2-9,19,22H,10-14H2,1H3/t19-/m0/s1. The van der Waals surface area contributed by atoms with Crippen LogP contribution in [0.4, 0.5) is 0 Å². The second-order valence-corrected chi connectivity index (χ2v) is 6.27. The number of aliphatic hydroxyl groups is 1. The molecule has 0 aliphatic carbocycles. The van der Waals surface area contributed by atoms with Crippen molar-refractivity contribution in [2.75, 3.05) is 19.7 Å². The van der Waals surface area contributed by atoms with Crippen LogP contribution in [0.15, 0.2) is 48.5 Å². The molecule has 1 saturated heterocycles. The highest BCUT2D eigenvalue weighted by Crippen LogP contribution is 2.19. The topological polar surface area (TPSA) is 59.0 Å². The number of likely N-dealkylation sites (tertiary alicyclic amines) is 1. The number of aryl methyl sites for hydroxylation is 1. The fourth-order valence-corrected chi connectivity index (χ4v) is 2.79. The molecular formula is C20H23NO4. The number of aliphatic hydroxyl groups excluding tert-OH is 1. The summed E-state index contributed by atoms with van der Waals surface area (Å²) in [6, 6.07) is 15.0. The van der Waals surface area contributed by atoms with E-state index in [9.17, 15) is 4.79 Å². The summed E-state index contributed by atoms with van der Waals surface area (Å²) in [4.78, 5) is 14.1. The lowest BCUT2D eigenvalue weighted by Crippen LogP contribution is -2.34. The van der Waals surface area contributed by atoms with Crippen LogP contribution in [0.5, 0.6) is 11.5 Å². The Morgan fingerprint density at radius 2 is 1.80 bits per heavy atom. The molecule has 0 aromatic heterocycles. The molecule has 1 N–H and O–H groups in total. The predicted octanol–water partition coefficient (Wildman–Crippen LogP) is 2.55. The van der Waals surface area contributed by atoms with Crippen LogP contribution in [0.2, 0.25) is 0 Å². The van der Waals surface area contributed by atoms with Crippen molar-refractivity contribution >= 4 is 5.91 Å². The van der Waals surface area contributed by atoms with Crippen LogP contribution >= 0.6 is 0 Å². The second kappa shape index (κ2) is 8.03. The van der Waals surface area contributed by atoms with E-state index < -0.39 is 0 Å². The smallest absolute Gasteiger partial charge is 0.260 e. The molecular weight excluding hydrogens is 318 g/mol. The van der Waals surface area contributed by atoms with E-state index in [0.717, 1.165) is 17.7 Å². The molecule has 0 saturated carbocycles. The Balaban J connectivity index is 1.46. The van der Waals surface area contributed by atoms with Crippen molar-refractivity contribution < 1.29 is 19.4 Å². The molecule has 1 fully saturated rings. The van der Waals surface area contributed by atoms with Crippen molar-refractivity contribution in [3.63, 3.8) is 0 Å². The monoisotopic (exact) mass is 341 g/mol. The molecule has 132 valence electrons. The average Bonchev–Trinajstić information content (AvgIpc) is 3.10. The molecule has 0 unspecified atom stereocenters. The average molecular weight is 341 g/mol. The van der Waals surface area contributed by atoms with E-state index in [4.69, 9.17) is 14.6 Å². The van der Waals surface area contributed by atoms with Gasteiger partial charge in [-0.15, -0.1) is 0 Å². The van der Waals surface area contributed by atoms with Gasteiger partial charge in [-0.1, -0.05) is 29.8 Å². The Hall–Kier alpha value is -2.53. The maximum atomic E-state index is 12.3. The van der Waals surface area contributed by atoms with Crippen molar-refractivity contribution in [2.45, 2.75) is 26.1 Å². The van der Waals surface area contributed by atoms with Crippen LogP contribution in [-0.4, -0.2) is 41.7 Å². The molecule has 0 spiro atoms. The summed E-state index contributed by atoms with van der Waals surface area (Å²) in [5.74, 6) is 1.42. The maximum Gasteiger partial charge on any atom is 0.260 e. The molecule has 1 aliphatic rings. The highest BCUT2D eigenvalue weighted by Gasteiger charge is 2.27. The van der Waals surface area contributed by atoms with Gasteiger partial charge < -0.3 is 19.5 Å².